The average Bonchev–Trinajstić information content (AvgIpc) is 3.26. The van der Waals surface area contributed by atoms with E-state index in [0.29, 0.717) is 0 Å². The Morgan fingerprint density at radius 2 is 1.14 bits per heavy atom. The highest BCUT2D eigenvalue weighted by Gasteiger charge is 2.05. The molecule has 5 aromatic rings. The van der Waals surface area contributed by atoms with Crippen LogP contribution in [0.15, 0.2) is 131 Å². The molecule has 172 valence electrons. The third-order valence-corrected chi connectivity index (χ3v) is 5.54. The van der Waals surface area contributed by atoms with Gasteiger partial charge in [-0.05, 0) is 28.8 Å². The highest BCUT2D eigenvalue weighted by Crippen LogP contribution is 2.19. The normalized spacial score (nSPS) is 11.9. The molecule has 5 rings (SSSR count). The van der Waals surface area contributed by atoms with E-state index in [1.54, 1.807) is 0 Å². The molecule has 4 heteroatoms. The van der Waals surface area contributed by atoms with Crippen LogP contribution in [0.1, 0.15) is 33.3 Å². The summed E-state index contributed by atoms with van der Waals surface area (Å²) in [5.41, 5.74) is 5.04. The first kappa shape index (κ1) is 23.6. The summed E-state index contributed by atoms with van der Waals surface area (Å²) in [6, 6.07) is 40.1. The highest BCUT2D eigenvalue weighted by atomic mass is 16.1. The van der Waals surface area contributed by atoms with E-state index in [2.05, 4.69) is 22.1 Å². The minimum atomic E-state index is -0.239. The van der Waals surface area contributed by atoms with Crippen LogP contribution in [0.3, 0.4) is 0 Å². The monoisotopic (exact) mass is 457 g/mol. The van der Waals surface area contributed by atoms with Gasteiger partial charge in [0.2, 0.25) is 0 Å². The van der Waals surface area contributed by atoms with Crippen LogP contribution in [0.5, 0.6) is 0 Å². The Hall–Kier alpha value is -4.57. The molecular weight excluding hydrogens is 430 g/mol. The molecule has 0 fully saturated rings. The summed E-state index contributed by atoms with van der Waals surface area (Å²) >= 11 is 0. The molecule has 0 saturated carbocycles. The topological polar surface area (TPSA) is 46.7 Å². The van der Waals surface area contributed by atoms with Crippen molar-refractivity contribution in [2.45, 2.75) is 6.17 Å². The summed E-state index contributed by atoms with van der Waals surface area (Å²) in [5.74, 6) is 0. The molecule has 0 N–H and O–H groups in total. The van der Waals surface area contributed by atoms with Gasteiger partial charge in [0, 0.05) is 30.4 Å². The number of aldehydes is 1. The lowest BCUT2D eigenvalue weighted by Crippen LogP contribution is -1.94. The molecule has 0 aliphatic heterocycles. The third-order valence-electron chi connectivity index (χ3n) is 5.54. The molecule has 0 aliphatic carbocycles. The van der Waals surface area contributed by atoms with E-state index < -0.39 is 0 Å². The van der Waals surface area contributed by atoms with Gasteiger partial charge in [0.1, 0.15) is 0 Å². The Labute approximate surface area is 205 Å². The molecule has 4 aromatic carbocycles. The third kappa shape index (κ3) is 6.49. The van der Waals surface area contributed by atoms with Crippen molar-refractivity contribution in [3.63, 3.8) is 0 Å². The van der Waals surface area contributed by atoms with E-state index in [9.17, 15) is 4.79 Å². The van der Waals surface area contributed by atoms with Crippen molar-refractivity contribution in [1.29, 1.82) is 0 Å². The number of aryl methyl sites for hydroxylation is 1. The van der Waals surface area contributed by atoms with Crippen molar-refractivity contribution >= 4 is 29.6 Å². The molecule has 0 aliphatic rings. The van der Waals surface area contributed by atoms with Crippen LogP contribution in [0.4, 0.5) is 0 Å². The Morgan fingerprint density at radius 1 is 0.657 bits per heavy atom. The van der Waals surface area contributed by atoms with Gasteiger partial charge in [-0.3, -0.25) is 14.8 Å². The maximum atomic E-state index is 10.6. The van der Waals surface area contributed by atoms with E-state index in [0.717, 1.165) is 39.6 Å². The average molecular weight is 458 g/mol. The molecular formula is C31H27N3O. The quantitative estimate of drug-likeness (QED) is 0.202. The van der Waals surface area contributed by atoms with Crippen molar-refractivity contribution in [2.75, 3.05) is 0 Å². The second-order valence-corrected chi connectivity index (χ2v) is 7.97. The van der Waals surface area contributed by atoms with Crippen molar-refractivity contribution in [1.82, 2.24) is 4.57 Å². The van der Waals surface area contributed by atoms with Gasteiger partial charge in [0.25, 0.3) is 0 Å². The van der Waals surface area contributed by atoms with Crippen LogP contribution in [0, 0.1) is 0 Å². The maximum absolute atomic E-state index is 10.6. The van der Waals surface area contributed by atoms with Crippen molar-refractivity contribution in [2.24, 2.45) is 17.0 Å². The Bertz CT molecular complexity index is 1360. The van der Waals surface area contributed by atoms with Crippen LogP contribution in [0.25, 0.3) is 10.9 Å². The van der Waals surface area contributed by atoms with E-state index in [1.165, 1.54) is 0 Å². The Balaban J connectivity index is 0.000000201. The summed E-state index contributed by atoms with van der Waals surface area (Å²) in [5, 5.41) is 1.11. The van der Waals surface area contributed by atoms with Gasteiger partial charge >= 0.3 is 0 Å². The van der Waals surface area contributed by atoms with Gasteiger partial charge in [-0.2, -0.15) is 0 Å². The molecule has 1 aromatic heterocycles. The second kappa shape index (κ2) is 12.1. The summed E-state index contributed by atoms with van der Waals surface area (Å²) in [6.45, 7) is 0. The van der Waals surface area contributed by atoms with Crippen LogP contribution in [-0.2, 0) is 7.05 Å². The highest BCUT2D eigenvalue weighted by molar-refractivity contribution is 5.88. The first-order valence-electron chi connectivity index (χ1n) is 11.5. The van der Waals surface area contributed by atoms with E-state index in [-0.39, 0.29) is 6.17 Å². The van der Waals surface area contributed by atoms with Gasteiger partial charge in [-0.1, -0.05) is 109 Å². The number of nitrogens with zero attached hydrogens (tertiary/aromatic N) is 3. The molecule has 0 atom stereocenters. The number of para-hydroxylation sites is 1. The predicted octanol–water partition coefficient (Wildman–Crippen LogP) is 6.91. The van der Waals surface area contributed by atoms with E-state index >= 15 is 0 Å². The van der Waals surface area contributed by atoms with Gasteiger partial charge in [-0.15, -0.1) is 0 Å². The second-order valence-electron chi connectivity index (χ2n) is 7.97. The molecule has 35 heavy (non-hydrogen) atoms. The number of aromatic nitrogens is 1. The fourth-order valence-electron chi connectivity index (χ4n) is 3.65. The number of aliphatic imine (C=N–C) groups is 2. The number of carbonyl (C=O) groups excluding carboxylic acids is 1. The van der Waals surface area contributed by atoms with E-state index in [4.69, 9.17) is 0 Å². The van der Waals surface area contributed by atoms with Gasteiger partial charge in [-0.25, -0.2) is 0 Å². The number of hydrogen-bond acceptors (Lipinski definition) is 3. The lowest BCUT2D eigenvalue weighted by molar-refractivity contribution is 0.111. The van der Waals surface area contributed by atoms with Crippen LogP contribution in [-0.4, -0.2) is 23.3 Å². The standard InChI is InChI=1S/C21H18N2.C10H9NO/c1-4-10-18(11-5-1)16-22-21(20-14-8-3-9-15-20)23-17-19-12-6-2-7-13-19;1-11-9(7-12)6-8-4-2-3-5-10(8)11/h1-17,21H;2-7H,1H3. The molecule has 0 spiro atoms. The number of fused-ring (bicyclic) bond motifs is 1. The molecule has 0 radical (unpaired) electrons. The number of rotatable bonds is 6. The molecule has 0 amide bonds. The zero-order valence-electron chi connectivity index (χ0n) is 19.6. The molecule has 1 heterocycles. The first-order valence-corrected chi connectivity index (χ1v) is 11.5. The largest absolute Gasteiger partial charge is 0.341 e. The van der Waals surface area contributed by atoms with Crippen molar-refractivity contribution in [3.05, 3.63) is 144 Å². The van der Waals surface area contributed by atoms with Crippen molar-refractivity contribution < 1.29 is 4.79 Å². The summed E-state index contributed by atoms with van der Waals surface area (Å²) < 4.78 is 1.89. The SMILES string of the molecule is C(=NC(N=Cc1ccccc1)c1ccccc1)c1ccccc1.Cn1c(C=O)cc2ccccc21. The Kier molecular flexibility index (Phi) is 8.12. The van der Waals surface area contributed by atoms with Crippen LogP contribution < -0.4 is 0 Å². The molecule has 0 unspecified atom stereocenters. The summed E-state index contributed by atoms with van der Waals surface area (Å²) in [7, 11) is 1.89. The fraction of sp³-hybridized carbons (Fsp3) is 0.0645. The van der Waals surface area contributed by atoms with Crippen molar-refractivity contribution in [3.8, 4) is 0 Å². The first-order chi connectivity index (χ1) is 17.2. The van der Waals surface area contributed by atoms with Gasteiger partial charge in [0.05, 0.1) is 5.69 Å². The van der Waals surface area contributed by atoms with Crippen LogP contribution in [0.2, 0.25) is 0 Å². The smallest absolute Gasteiger partial charge is 0.166 e. The lowest BCUT2D eigenvalue weighted by atomic mass is 10.1. The molecule has 0 saturated heterocycles. The predicted molar refractivity (Wildman–Crippen MR) is 146 cm³/mol. The summed E-state index contributed by atoms with van der Waals surface area (Å²) in [6.07, 6.45) is 4.39. The van der Waals surface area contributed by atoms with Gasteiger partial charge < -0.3 is 4.57 Å². The summed E-state index contributed by atoms with van der Waals surface area (Å²) in [4.78, 5) is 19.9. The minimum absolute atomic E-state index is 0.239. The Morgan fingerprint density at radius 3 is 1.66 bits per heavy atom. The zero-order valence-corrected chi connectivity index (χ0v) is 19.6. The molecule has 4 nitrogen and oxygen atoms in total. The zero-order chi connectivity index (χ0) is 24.3. The van der Waals surface area contributed by atoms with E-state index in [1.807, 2.05) is 133 Å². The van der Waals surface area contributed by atoms with Crippen LogP contribution >= 0.6 is 0 Å². The van der Waals surface area contributed by atoms with Gasteiger partial charge in [0.15, 0.2) is 12.5 Å². The number of carbonyl (C=O) groups is 1. The molecule has 0 bridgehead atoms. The lowest BCUT2D eigenvalue weighted by Gasteiger charge is -2.07. The number of benzene rings is 4. The maximum Gasteiger partial charge on any atom is 0.166 e. The minimum Gasteiger partial charge on any atom is -0.341 e. The number of hydrogen-bond donors (Lipinski definition) is 0. The fourth-order valence-corrected chi connectivity index (χ4v) is 3.65.